The molecule has 0 bridgehead atoms. The number of amides is 1. The van der Waals surface area contributed by atoms with Crippen LogP contribution in [0.25, 0.3) is 5.69 Å². The molecule has 1 aromatic heterocycles. The number of benzene rings is 1. The van der Waals surface area contributed by atoms with Crippen LogP contribution in [0.15, 0.2) is 30.6 Å². The molecule has 0 saturated carbocycles. The first-order chi connectivity index (χ1) is 11.2. The molecule has 0 spiro atoms. The van der Waals surface area contributed by atoms with Gasteiger partial charge in [0.1, 0.15) is 12.1 Å². The lowest BCUT2D eigenvalue weighted by Gasteiger charge is -2.30. The molecule has 1 saturated heterocycles. The van der Waals surface area contributed by atoms with Crippen molar-refractivity contribution in [2.45, 2.75) is 24.8 Å². The van der Waals surface area contributed by atoms with Crippen molar-refractivity contribution in [3.63, 3.8) is 0 Å². The van der Waals surface area contributed by atoms with Gasteiger partial charge in [0.2, 0.25) is 5.91 Å². The van der Waals surface area contributed by atoms with E-state index in [0.717, 1.165) is 0 Å². The second-order valence-electron chi connectivity index (χ2n) is 5.68. The third-order valence-electron chi connectivity index (χ3n) is 4.54. The Morgan fingerprint density at radius 1 is 1.35 bits per heavy atom. The van der Waals surface area contributed by atoms with Crippen molar-refractivity contribution in [3.8, 4) is 5.69 Å². The number of fused-ring (bicyclic) bond motifs is 1. The van der Waals surface area contributed by atoms with Crippen LogP contribution >= 0.6 is 11.6 Å². The minimum Gasteiger partial charge on any atom is -0.335 e. The molecule has 8 heteroatoms. The standard InChI is InChI=1S/C15H13ClFN5O/c16-10-4-5-12(22-8-18-19-20-22)14(15(10)17)9-6-7-21-11(9)2-1-3-13(21)23/h1,3-5,8-9,11H,2,6-7H2. The molecule has 1 amide bonds. The highest BCUT2D eigenvalue weighted by Gasteiger charge is 2.40. The molecular formula is C15H13ClFN5O. The summed E-state index contributed by atoms with van der Waals surface area (Å²) in [5, 5.41) is 11.1. The molecule has 3 heterocycles. The normalized spacial score (nSPS) is 23.4. The molecule has 0 radical (unpaired) electrons. The van der Waals surface area contributed by atoms with Gasteiger partial charge in [0.05, 0.1) is 10.7 Å². The molecule has 1 fully saturated rings. The molecule has 1 aromatic carbocycles. The second-order valence-corrected chi connectivity index (χ2v) is 6.09. The van der Waals surface area contributed by atoms with E-state index in [-0.39, 0.29) is 22.9 Å². The van der Waals surface area contributed by atoms with E-state index in [1.54, 1.807) is 17.0 Å². The van der Waals surface area contributed by atoms with Crippen LogP contribution in [0.3, 0.4) is 0 Å². The Morgan fingerprint density at radius 2 is 2.22 bits per heavy atom. The summed E-state index contributed by atoms with van der Waals surface area (Å²) < 4.78 is 16.3. The van der Waals surface area contributed by atoms with E-state index in [9.17, 15) is 9.18 Å². The molecule has 23 heavy (non-hydrogen) atoms. The van der Waals surface area contributed by atoms with Gasteiger partial charge in [-0.3, -0.25) is 4.79 Å². The molecule has 0 N–H and O–H groups in total. The third kappa shape index (κ3) is 2.23. The summed E-state index contributed by atoms with van der Waals surface area (Å²) in [4.78, 5) is 13.8. The van der Waals surface area contributed by atoms with Gasteiger partial charge >= 0.3 is 0 Å². The van der Waals surface area contributed by atoms with Gasteiger partial charge in [0.15, 0.2) is 0 Å². The maximum absolute atomic E-state index is 14.8. The largest absolute Gasteiger partial charge is 0.335 e. The first-order valence-electron chi connectivity index (χ1n) is 7.35. The fourth-order valence-electron chi connectivity index (χ4n) is 3.54. The van der Waals surface area contributed by atoms with Gasteiger partial charge in [0, 0.05) is 24.1 Å². The van der Waals surface area contributed by atoms with E-state index >= 15 is 0 Å². The first kappa shape index (κ1) is 14.3. The van der Waals surface area contributed by atoms with Crippen LogP contribution in [0.4, 0.5) is 4.39 Å². The van der Waals surface area contributed by atoms with E-state index < -0.39 is 5.82 Å². The topological polar surface area (TPSA) is 63.9 Å². The van der Waals surface area contributed by atoms with Crippen LogP contribution < -0.4 is 0 Å². The minimum absolute atomic E-state index is 0.0184. The average Bonchev–Trinajstić information content (AvgIpc) is 3.20. The van der Waals surface area contributed by atoms with Crippen molar-refractivity contribution in [1.82, 2.24) is 25.1 Å². The molecular weight excluding hydrogens is 321 g/mol. The van der Waals surface area contributed by atoms with Crippen molar-refractivity contribution in [2.75, 3.05) is 6.54 Å². The summed E-state index contributed by atoms with van der Waals surface area (Å²) in [5.74, 6) is -0.620. The molecule has 2 aliphatic heterocycles. The highest BCUT2D eigenvalue weighted by atomic mass is 35.5. The number of halogens is 2. The SMILES string of the molecule is O=C1C=CCC2C(c3c(-n4cnnn4)ccc(Cl)c3F)CCN12. The van der Waals surface area contributed by atoms with Crippen molar-refractivity contribution in [1.29, 1.82) is 0 Å². The smallest absolute Gasteiger partial charge is 0.246 e. The quantitative estimate of drug-likeness (QED) is 0.844. The third-order valence-corrected chi connectivity index (χ3v) is 4.84. The van der Waals surface area contributed by atoms with E-state index in [4.69, 9.17) is 11.6 Å². The molecule has 0 aliphatic carbocycles. The number of aromatic nitrogens is 4. The Bertz CT molecular complexity index is 791. The maximum Gasteiger partial charge on any atom is 0.246 e. The van der Waals surface area contributed by atoms with Gasteiger partial charge in [-0.2, -0.15) is 0 Å². The van der Waals surface area contributed by atoms with E-state index in [2.05, 4.69) is 15.5 Å². The highest BCUT2D eigenvalue weighted by Crippen LogP contribution is 2.42. The van der Waals surface area contributed by atoms with Crippen LogP contribution in [-0.4, -0.2) is 43.6 Å². The maximum atomic E-state index is 14.8. The number of rotatable bonds is 2. The second kappa shape index (κ2) is 5.42. The zero-order valence-corrected chi connectivity index (χ0v) is 12.8. The van der Waals surface area contributed by atoms with Crippen LogP contribution in [0.2, 0.25) is 5.02 Å². The first-order valence-corrected chi connectivity index (χ1v) is 7.73. The number of carbonyl (C=O) groups excluding carboxylic acids is 1. The molecule has 6 nitrogen and oxygen atoms in total. The predicted octanol–water partition coefficient (Wildman–Crippen LogP) is 2.10. The van der Waals surface area contributed by atoms with Crippen LogP contribution in [0, 0.1) is 5.82 Å². The van der Waals surface area contributed by atoms with E-state index in [1.165, 1.54) is 17.1 Å². The summed E-state index contributed by atoms with van der Waals surface area (Å²) in [7, 11) is 0. The Kier molecular flexibility index (Phi) is 3.37. The number of carbonyl (C=O) groups is 1. The Morgan fingerprint density at radius 3 is 3.00 bits per heavy atom. The highest BCUT2D eigenvalue weighted by molar-refractivity contribution is 6.30. The summed E-state index contributed by atoms with van der Waals surface area (Å²) in [6, 6.07) is 3.15. The summed E-state index contributed by atoms with van der Waals surface area (Å²) in [6.45, 7) is 0.611. The summed E-state index contributed by atoms with van der Waals surface area (Å²) in [6.07, 6.45) is 6.24. The lowest BCUT2D eigenvalue weighted by molar-refractivity contribution is -0.127. The predicted molar refractivity (Wildman–Crippen MR) is 80.7 cm³/mol. The average molecular weight is 334 g/mol. The van der Waals surface area contributed by atoms with Gasteiger partial charge in [-0.05, 0) is 41.5 Å². The minimum atomic E-state index is -0.464. The fourth-order valence-corrected chi connectivity index (χ4v) is 3.70. The molecule has 118 valence electrons. The van der Waals surface area contributed by atoms with Gasteiger partial charge < -0.3 is 4.90 Å². The number of hydrogen-bond donors (Lipinski definition) is 0. The zero-order chi connectivity index (χ0) is 16.0. The van der Waals surface area contributed by atoms with Crippen LogP contribution in [-0.2, 0) is 4.79 Å². The molecule has 2 unspecified atom stereocenters. The van der Waals surface area contributed by atoms with E-state index in [0.29, 0.717) is 30.6 Å². The van der Waals surface area contributed by atoms with Crippen molar-refractivity contribution < 1.29 is 9.18 Å². The summed E-state index contributed by atoms with van der Waals surface area (Å²) >= 11 is 6.00. The van der Waals surface area contributed by atoms with Crippen LogP contribution in [0.5, 0.6) is 0 Å². The number of nitrogens with zero attached hydrogens (tertiary/aromatic N) is 5. The van der Waals surface area contributed by atoms with Gasteiger partial charge in [-0.1, -0.05) is 17.7 Å². The van der Waals surface area contributed by atoms with Gasteiger partial charge in [0.25, 0.3) is 0 Å². The Labute approximate surface area is 136 Å². The van der Waals surface area contributed by atoms with Crippen molar-refractivity contribution in [3.05, 3.63) is 47.0 Å². The lowest BCUT2D eigenvalue weighted by Crippen LogP contribution is -2.38. The van der Waals surface area contributed by atoms with E-state index in [1.807, 2.05) is 6.08 Å². The zero-order valence-electron chi connectivity index (χ0n) is 12.1. The van der Waals surface area contributed by atoms with Gasteiger partial charge in [-0.25, -0.2) is 9.07 Å². The molecule has 2 aromatic rings. The van der Waals surface area contributed by atoms with Gasteiger partial charge in [-0.15, -0.1) is 5.10 Å². The molecule has 2 aliphatic rings. The van der Waals surface area contributed by atoms with Crippen LogP contribution in [0.1, 0.15) is 24.3 Å². The summed E-state index contributed by atoms with van der Waals surface area (Å²) in [5.41, 5.74) is 1.03. The lowest BCUT2D eigenvalue weighted by atomic mass is 9.87. The Hall–Kier alpha value is -2.28. The molecule has 2 atom stereocenters. The monoisotopic (exact) mass is 333 g/mol. The molecule has 4 rings (SSSR count). The fraction of sp³-hybridized carbons (Fsp3) is 0.333. The number of hydrogen-bond acceptors (Lipinski definition) is 4. The van der Waals surface area contributed by atoms with Crippen molar-refractivity contribution in [2.24, 2.45) is 0 Å². The number of tetrazole rings is 1. The Balaban J connectivity index is 1.84. The van der Waals surface area contributed by atoms with Crippen molar-refractivity contribution >= 4 is 17.5 Å².